The zero-order valence-electron chi connectivity index (χ0n) is 24.2. The fourth-order valence-electron chi connectivity index (χ4n) is 4.40. The number of rotatable bonds is 10. The average molecular weight is 619 g/mol. The molecular formula is C31H37Cl2N3O4S. The minimum Gasteiger partial charge on any atom is -0.350 e. The van der Waals surface area contributed by atoms with Gasteiger partial charge in [-0.25, -0.2) is 8.42 Å². The fourth-order valence-corrected chi connectivity index (χ4v) is 6.24. The molecule has 0 aromatic heterocycles. The number of halogens is 2. The highest BCUT2D eigenvalue weighted by atomic mass is 35.5. The van der Waals surface area contributed by atoms with Crippen molar-refractivity contribution in [2.45, 2.75) is 71.0 Å². The molecule has 3 aromatic carbocycles. The number of hydrogen-bond acceptors (Lipinski definition) is 4. The molecule has 1 N–H and O–H groups in total. The maximum absolute atomic E-state index is 14.2. The first-order valence-corrected chi connectivity index (χ1v) is 15.5. The van der Waals surface area contributed by atoms with Crippen LogP contribution in [-0.4, -0.2) is 43.3 Å². The van der Waals surface area contributed by atoms with Crippen molar-refractivity contribution in [1.82, 2.24) is 10.2 Å². The second kappa shape index (κ2) is 13.3. The molecule has 0 saturated heterocycles. The normalized spacial score (nSPS) is 12.5. The maximum atomic E-state index is 14.2. The van der Waals surface area contributed by atoms with Gasteiger partial charge in [0, 0.05) is 22.1 Å². The van der Waals surface area contributed by atoms with Crippen molar-refractivity contribution in [3.05, 3.63) is 93.5 Å². The van der Waals surface area contributed by atoms with E-state index in [4.69, 9.17) is 23.2 Å². The summed E-state index contributed by atoms with van der Waals surface area (Å²) in [5.74, 6) is -0.900. The molecule has 1 atom stereocenters. The molecule has 2 amide bonds. The summed E-state index contributed by atoms with van der Waals surface area (Å²) < 4.78 is 29.2. The third-order valence-corrected chi connectivity index (χ3v) is 9.13. The zero-order valence-corrected chi connectivity index (χ0v) is 26.6. The summed E-state index contributed by atoms with van der Waals surface area (Å²) in [6.45, 7) is 10.4. The van der Waals surface area contributed by atoms with Crippen molar-refractivity contribution in [3.8, 4) is 0 Å². The molecule has 0 saturated carbocycles. The summed E-state index contributed by atoms with van der Waals surface area (Å²) in [7, 11) is -4.20. The van der Waals surface area contributed by atoms with Gasteiger partial charge in [0.2, 0.25) is 11.8 Å². The van der Waals surface area contributed by atoms with E-state index in [1.165, 1.54) is 17.0 Å². The molecule has 0 fully saturated rings. The molecule has 0 spiro atoms. The number of aryl methyl sites for hydroxylation is 1. The van der Waals surface area contributed by atoms with Crippen LogP contribution in [0.5, 0.6) is 0 Å². The number of carbonyl (C=O) groups excluding carboxylic acids is 2. The second-order valence-corrected chi connectivity index (χ2v) is 13.7. The largest absolute Gasteiger partial charge is 0.350 e. The van der Waals surface area contributed by atoms with E-state index in [1.807, 2.05) is 34.6 Å². The molecule has 10 heteroatoms. The Kier molecular flexibility index (Phi) is 10.5. The van der Waals surface area contributed by atoms with Crippen molar-refractivity contribution in [2.75, 3.05) is 10.8 Å². The molecular weight excluding hydrogens is 581 g/mol. The van der Waals surface area contributed by atoms with E-state index in [-0.39, 0.29) is 23.0 Å². The number of nitrogens with one attached hydrogen (secondary N) is 1. The third-order valence-electron chi connectivity index (χ3n) is 6.58. The molecule has 0 bridgehead atoms. The van der Waals surface area contributed by atoms with E-state index in [0.717, 1.165) is 9.87 Å². The van der Waals surface area contributed by atoms with E-state index in [1.54, 1.807) is 61.5 Å². The van der Waals surface area contributed by atoms with Crippen LogP contribution in [0.15, 0.2) is 71.6 Å². The molecule has 0 aliphatic rings. The van der Waals surface area contributed by atoms with E-state index in [2.05, 4.69) is 5.32 Å². The van der Waals surface area contributed by atoms with Gasteiger partial charge in [-0.15, -0.1) is 0 Å². The summed E-state index contributed by atoms with van der Waals surface area (Å²) in [4.78, 5) is 29.1. The van der Waals surface area contributed by atoms with Gasteiger partial charge in [0.05, 0.1) is 10.6 Å². The topological polar surface area (TPSA) is 86.8 Å². The van der Waals surface area contributed by atoms with Crippen LogP contribution < -0.4 is 9.62 Å². The lowest BCUT2D eigenvalue weighted by molar-refractivity contribution is -0.141. The number of anilines is 1. The van der Waals surface area contributed by atoms with Gasteiger partial charge in [0.1, 0.15) is 12.6 Å². The lowest BCUT2D eigenvalue weighted by Gasteiger charge is -2.35. The Hall–Kier alpha value is -3.07. The Balaban J connectivity index is 2.13. The molecule has 1 unspecified atom stereocenters. The number of carbonyl (C=O) groups is 2. The first-order valence-electron chi connectivity index (χ1n) is 13.3. The Morgan fingerprint density at radius 2 is 1.51 bits per heavy atom. The SMILES string of the molecule is CCC(C(=O)NC(C)(C)C)N(Cc1ccccc1Cl)C(=O)CN(c1cccc(Cl)c1C)S(=O)(=O)c1ccc(C)cc1. The van der Waals surface area contributed by atoms with Crippen molar-refractivity contribution in [3.63, 3.8) is 0 Å². The van der Waals surface area contributed by atoms with Gasteiger partial charge in [-0.1, -0.05) is 72.1 Å². The quantitative estimate of drug-likeness (QED) is 0.280. The van der Waals surface area contributed by atoms with Gasteiger partial charge in [0.25, 0.3) is 10.0 Å². The summed E-state index contributed by atoms with van der Waals surface area (Å²) in [6, 6.07) is 17.5. The highest BCUT2D eigenvalue weighted by Crippen LogP contribution is 2.31. The van der Waals surface area contributed by atoms with E-state index >= 15 is 0 Å². The predicted octanol–water partition coefficient (Wildman–Crippen LogP) is 6.53. The summed E-state index contributed by atoms with van der Waals surface area (Å²) >= 11 is 12.8. The monoisotopic (exact) mass is 617 g/mol. The molecule has 0 heterocycles. The molecule has 3 rings (SSSR count). The number of amides is 2. The summed E-state index contributed by atoms with van der Waals surface area (Å²) in [5, 5.41) is 3.75. The predicted molar refractivity (Wildman–Crippen MR) is 166 cm³/mol. The van der Waals surface area contributed by atoms with Crippen molar-refractivity contribution < 1.29 is 18.0 Å². The number of sulfonamides is 1. The molecule has 7 nitrogen and oxygen atoms in total. The molecule has 0 aliphatic carbocycles. The smallest absolute Gasteiger partial charge is 0.264 e. The second-order valence-electron chi connectivity index (χ2n) is 11.0. The highest BCUT2D eigenvalue weighted by Gasteiger charge is 2.35. The van der Waals surface area contributed by atoms with Crippen LogP contribution in [0.25, 0.3) is 0 Å². The Morgan fingerprint density at radius 3 is 2.10 bits per heavy atom. The maximum Gasteiger partial charge on any atom is 0.264 e. The van der Waals surface area contributed by atoms with Crippen molar-refractivity contribution in [2.24, 2.45) is 0 Å². The lowest BCUT2D eigenvalue weighted by Crippen LogP contribution is -2.55. The molecule has 220 valence electrons. The molecule has 41 heavy (non-hydrogen) atoms. The first kappa shape index (κ1) is 32.4. The highest BCUT2D eigenvalue weighted by molar-refractivity contribution is 7.92. The van der Waals surface area contributed by atoms with E-state index in [0.29, 0.717) is 27.6 Å². The van der Waals surface area contributed by atoms with Gasteiger partial charge in [-0.3, -0.25) is 13.9 Å². The van der Waals surface area contributed by atoms with Gasteiger partial charge in [-0.05, 0) is 82.5 Å². The van der Waals surface area contributed by atoms with Crippen LogP contribution >= 0.6 is 23.2 Å². The van der Waals surface area contributed by atoms with Crippen molar-refractivity contribution in [1.29, 1.82) is 0 Å². The Labute approximate surface area is 253 Å². The van der Waals surface area contributed by atoms with Gasteiger partial charge in [0.15, 0.2) is 0 Å². The zero-order chi connectivity index (χ0) is 30.5. The number of hydrogen-bond donors (Lipinski definition) is 1. The molecule has 0 radical (unpaired) electrons. The molecule has 3 aromatic rings. The Morgan fingerprint density at radius 1 is 0.902 bits per heavy atom. The fraction of sp³-hybridized carbons (Fsp3) is 0.355. The van der Waals surface area contributed by atoms with Crippen LogP contribution in [0.1, 0.15) is 50.8 Å². The van der Waals surface area contributed by atoms with Gasteiger partial charge in [-0.2, -0.15) is 0 Å². The van der Waals surface area contributed by atoms with Crippen LogP contribution in [0.3, 0.4) is 0 Å². The first-order chi connectivity index (χ1) is 19.2. The molecule has 0 aliphatic heterocycles. The van der Waals surface area contributed by atoms with Crippen molar-refractivity contribution >= 4 is 50.7 Å². The third kappa shape index (κ3) is 8.03. The minimum absolute atomic E-state index is 0.0154. The van der Waals surface area contributed by atoms with Crippen LogP contribution in [0.4, 0.5) is 5.69 Å². The average Bonchev–Trinajstić information content (AvgIpc) is 2.89. The minimum atomic E-state index is -4.20. The van der Waals surface area contributed by atoms with Gasteiger partial charge < -0.3 is 10.2 Å². The number of benzene rings is 3. The Bertz CT molecular complexity index is 1500. The van der Waals surface area contributed by atoms with Gasteiger partial charge >= 0.3 is 0 Å². The lowest BCUT2D eigenvalue weighted by atomic mass is 10.1. The van der Waals surface area contributed by atoms with Crippen LogP contribution in [-0.2, 0) is 26.2 Å². The van der Waals surface area contributed by atoms with E-state index in [9.17, 15) is 18.0 Å². The summed E-state index contributed by atoms with van der Waals surface area (Å²) in [5.41, 5.74) is 1.77. The number of nitrogens with zero attached hydrogens (tertiary/aromatic N) is 2. The summed E-state index contributed by atoms with van der Waals surface area (Å²) in [6.07, 6.45) is 0.305. The standard InChI is InChI=1S/C31H37Cl2N3O4S/c1-7-27(30(38)34-31(4,5)6)35(19-23-11-8-9-12-26(23)33)29(37)20-36(28-14-10-13-25(32)22(28)3)41(39,40)24-17-15-21(2)16-18-24/h8-18,27H,7,19-20H2,1-6H3,(H,34,38). The van der Waals surface area contributed by atoms with Crippen LogP contribution in [0.2, 0.25) is 10.0 Å². The van der Waals surface area contributed by atoms with Crippen LogP contribution in [0, 0.1) is 13.8 Å². The van der Waals surface area contributed by atoms with E-state index < -0.39 is 34.1 Å².